The van der Waals surface area contributed by atoms with E-state index in [1.807, 2.05) is 24.3 Å². The summed E-state index contributed by atoms with van der Waals surface area (Å²) in [5, 5.41) is 3.79. The molecule has 162 valence electrons. The molecule has 1 unspecified atom stereocenters. The monoisotopic (exact) mass is 489 g/mol. The van der Waals surface area contributed by atoms with Crippen molar-refractivity contribution in [3.8, 4) is 11.3 Å². The third kappa shape index (κ3) is 5.39. The van der Waals surface area contributed by atoms with Crippen LogP contribution in [0, 0.1) is 0 Å². The molecule has 11 heteroatoms. The van der Waals surface area contributed by atoms with Gasteiger partial charge in [-0.3, -0.25) is 9.69 Å². The fourth-order valence-corrected chi connectivity index (χ4v) is 3.38. The Morgan fingerprint density at radius 1 is 1.27 bits per heavy atom. The molecule has 1 aromatic carbocycles. The molecule has 30 heavy (non-hydrogen) atoms. The number of nitrogens with zero attached hydrogens (tertiary/aromatic N) is 3. The summed E-state index contributed by atoms with van der Waals surface area (Å²) in [4.78, 5) is 26.8. The van der Waals surface area contributed by atoms with Crippen LogP contribution in [0.1, 0.15) is 12.0 Å². The van der Waals surface area contributed by atoms with Gasteiger partial charge in [0.15, 0.2) is 12.0 Å². The van der Waals surface area contributed by atoms with Crippen molar-refractivity contribution in [3.63, 3.8) is 0 Å². The van der Waals surface area contributed by atoms with E-state index in [4.69, 9.17) is 4.52 Å². The second-order valence-corrected chi connectivity index (χ2v) is 7.81. The van der Waals surface area contributed by atoms with Crippen molar-refractivity contribution >= 4 is 27.8 Å². The Morgan fingerprint density at radius 2 is 1.97 bits per heavy atom. The first kappa shape index (κ1) is 22.3. The van der Waals surface area contributed by atoms with Gasteiger partial charge in [-0.05, 0) is 25.6 Å². The van der Waals surface area contributed by atoms with Gasteiger partial charge in [0.25, 0.3) is 0 Å². The molecule has 0 spiro atoms. The number of likely N-dealkylation sites (N-methyl/N-ethyl adjacent to an activating group) is 1. The number of halogens is 4. The Kier molecular flexibility index (Phi) is 6.81. The van der Waals surface area contributed by atoms with Gasteiger partial charge in [0, 0.05) is 35.1 Å². The zero-order valence-corrected chi connectivity index (χ0v) is 17.6. The predicted molar refractivity (Wildman–Crippen MR) is 103 cm³/mol. The molecule has 0 saturated carbocycles. The maximum Gasteiger partial charge on any atom is 0.491 e. The van der Waals surface area contributed by atoms with Crippen molar-refractivity contribution < 1.29 is 32.0 Å². The van der Waals surface area contributed by atoms with Crippen LogP contribution in [0.3, 0.4) is 0 Å². The van der Waals surface area contributed by atoms with Gasteiger partial charge in [0.2, 0.25) is 5.91 Å². The Hall–Kier alpha value is -2.40. The number of hydrogen-bond donors (Lipinski definition) is 0. The van der Waals surface area contributed by atoms with Crippen LogP contribution in [-0.2, 0) is 20.7 Å². The second-order valence-electron chi connectivity index (χ2n) is 6.89. The average molecular weight is 490 g/mol. The van der Waals surface area contributed by atoms with Crippen LogP contribution in [0.4, 0.5) is 13.2 Å². The maximum atomic E-state index is 12.7. The quantitative estimate of drug-likeness (QED) is 0.600. The molecule has 0 N–H and O–H groups in total. The normalized spacial score (nSPS) is 17.8. The molecular formula is C19H19BrF3N3O4. The average Bonchev–Trinajstić information content (AvgIpc) is 3.14. The highest BCUT2D eigenvalue weighted by Gasteiger charge is 2.44. The number of carbonyl (C=O) groups is 2. The Balaban J connectivity index is 1.67. The number of aromatic nitrogens is 1. The van der Waals surface area contributed by atoms with E-state index in [2.05, 4.69) is 25.8 Å². The fourth-order valence-electron chi connectivity index (χ4n) is 3.12. The summed E-state index contributed by atoms with van der Waals surface area (Å²) in [5.41, 5.74) is 1.48. The minimum atomic E-state index is -5.12. The van der Waals surface area contributed by atoms with Gasteiger partial charge >= 0.3 is 12.1 Å². The lowest BCUT2D eigenvalue weighted by atomic mass is 10.0. The van der Waals surface area contributed by atoms with Crippen LogP contribution in [0.2, 0.25) is 0 Å². The number of hydrogen-bond acceptors (Lipinski definition) is 6. The summed E-state index contributed by atoms with van der Waals surface area (Å²) in [6.07, 6.45) is -4.62. The molecule has 7 nitrogen and oxygen atoms in total. The van der Waals surface area contributed by atoms with Gasteiger partial charge in [-0.15, -0.1) is 0 Å². The van der Waals surface area contributed by atoms with Crippen molar-refractivity contribution in [3.05, 3.63) is 40.5 Å². The molecule has 0 radical (unpaired) electrons. The van der Waals surface area contributed by atoms with Crippen LogP contribution in [-0.4, -0.2) is 65.9 Å². The van der Waals surface area contributed by atoms with Crippen LogP contribution in [0.25, 0.3) is 11.3 Å². The summed E-state index contributed by atoms with van der Waals surface area (Å²) < 4.78 is 48.5. The Bertz CT molecular complexity index is 901. The Morgan fingerprint density at radius 3 is 2.63 bits per heavy atom. The summed E-state index contributed by atoms with van der Waals surface area (Å²) in [5.74, 6) is -2.20. The Labute approximate surface area is 178 Å². The number of esters is 1. The van der Waals surface area contributed by atoms with Crippen molar-refractivity contribution in [1.82, 2.24) is 15.0 Å². The van der Waals surface area contributed by atoms with Crippen LogP contribution in [0.15, 0.2) is 39.5 Å². The van der Waals surface area contributed by atoms with Crippen molar-refractivity contribution in [2.45, 2.75) is 25.2 Å². The minimum absolute atomic E-state index is 0.00493. The number of carbonyl (C=O) groups excluding carboxylic acids is 2. The van der Waals surface area contributed by atoms with Gasteiger partial charge < -0.3 is 14.2 Å². The zero-order chi connectivity index (χ0) is 21.9. The third-order valence-corrected chi connectivity index (χ3v) is 5.22. The van der Waals surface area contributed by atoms with Gasteiger partial charge in [-0.25, -0.2) is 4.79 Å². The number of amides is 1. The van der Waals surface area contributed by atoms with Crippen LogP contribution < -0.4 is 0 Å². The standard InChI is InChI=1S/C19H19BrF3N3O4/c1-25-8-9-26(16(11-25)29-18(28)19(21,22)23)15(27)7-4-13-10-24-30-17(13)12-2-5-14(20)6-3-12/h2-3,5-6,10,16H,4,7-9,11H2,1H3. The van der Waals surface area contributed by atoms with E-state index < -0.39 is 24.3 Å². The van der Waals surface area contributed by atoms with Crippen molar-refractivity contribution in [1.29, 1.82) is 0 Å². The van der Waals surface area contributed by atoms with Crippen LogP contribution in [0.5, 0.6) is 0 Å². The molecule has 2 heterocycles. The highest BCUT2D eigenvalue weighted by atomic mass is 79.9. The number of benzene rings is 1. The number of ether oxygens (including phenoxy) is 1. The SMILES string of the molecule is CN1CCN(C(=O)CCc2cnoc2-c2ccc(Br)cc2)C(OC(=O)C(F)(F)F)C1. The van der Waals surface area contributed by atoms with Crippen molar-refractivity contribution in [2.75, 3.05) is 26.7 Å². The van der Waals surface area contributed by atoms with E-state index in [-0.39, 0.29) is 25.9 Å². The predicted octanol–water partition coefficient (Wildman–Crippen LogP) is 3.24. The smallest absolute Gasteiger partial charge is 0.433 e. The molecule has 0 bridgehead atoms. The van der Waals surface area contributed by atoms with Crippen molar-refractivity contribution in [2.24, 2.45) is 0 Å². The molecule has 1 atom stereocenters. The summed E-state index contributed by atoms with van der Waals surface area (Å²) in [6, 6.07) is 7.36. The van der Waals surface area contributed by atoms with E-state index in [0.29, 0.717) is 17.9 Å². The van der Waals surface area contributed by atoms with Gasteiger partial charge in [0.1, 0.15) is 0 Å². The number of aryl methyl sites for hydroxylation is 1. The zero-order valence-electron chi connectivity index (χ0n) is 16.0. The van der Waals surface area contributed by atoms with Crippen LogP contribution >= 0.6 is 15.9 Å². The van der Waals surface area contributed by atoms with Gasteiger partial charge in [-0.1, -0.05) is 33.2 Å². The summed E-state index contributed by atoms with van der Waals surface area (Å²) in [7, 11) is 1.68. The fraction of sp³-hybridized carbons (Fsp3) is 0.421. The molecule has 3 rings (SSSR count). The highest BCUT2D eigenvalue weighted by molar-refractivity contribution is 9.10. The van der Waals surface area contributed by atoms with E-state index in [9.17, 15) is 22.8 Å². The molecule has 1 aliphatic heterocycles. The van der Waals surface area contributed by atoms with E-state index in [1.165, 1.54) is 11.1 Å². The molecule has 1 aromatic heterocycles. The minimum Gasteiger partial charge on any atom is -0.433 e. The van der Waals surface area contributed by atoms with Gasteiger partial charge in [0.05, 0.1) is 12.7 Å². The number of piperazine rings is 1. The van der Waals surface area contributed by atoms with E-state index in [1.54, 1.807) is 11.9 Å². The number of rotatable bonds is 5. The molecule has 2 aromatic rings. The lowest BCUT2D eigenvalue weighted by Gasteiger charge is -2.39. The molecule has 1 fully saturated rings. The largest absolute Gasteiger partial charge is 0.491 e. The highest BCUT2D eigenvalue weighted by Crippen LogP contribution is 2.27. The molecule has 1 aliphatic rings. The first-order valence-corrected chi connectivity index (χ1v) is 9.89. The second kappa shape index (κ2) is 9.17. The van der Waals surface area contributed by atoms with E-state index in [0.717, 1.165) is 10.0 Å². The first-order valence-electron chi connectivity index (χ1n) is 9.10. The molecule has 1 amide bonds. The topological polar surface area (TPSA) is 75.9 Å². The summed E-state index contributed by atoms with van der Waals surface area (Å²) >= 11 is 3.35. The lowest BCUT2D eigenvalue weighted by Crippen LogP contribution is -2.56. The summed E-state index contributed by atoms with van der Waals surface area (Å²) in [6.45, 7) is 0.628. The lowest BCUT2D eigenvalue weighted by molar-refractivity contribution is -0.216. The maximum absolute atomic E-state index is 12.7. The first-order chi connectivity index (χ1) is 14.1. The molecular weight excluding hydrogens is 471 g/mol. The molecule has 0 aliphatic carbocycles. The third-order valence-electron chi connectivity index (χ3n) is 4.69. The number of alkyl halides is 3. The van der Waals surface area contributed by atoms with E-state index >= 15 is 0 Å². The molecule has 1 saturated heterocycles. The van der Waals surface area contributed by atoms with Gasteiger partial charge in [-0.2, -0.15) is 13.2 Å².